The van der Waals surface area contributed by atoms with E-state index in [4.69, 9.17) is 0 Å². The quantitative estimate of drug-likeness (QED) is 0.179. The molecule has 0 saturated carbocycles. The van der Waals surface area contributed by atoms with E-state index in [1.54, 1.807) is 0 Å². The maximum atomic E-state index is 10.4. The van der Waals surface area contributed by atoms with E-state index in [2.05, 4.69) is 107 Å². The first-order valence-corrected chi connectivity index (χ1v) is 16.9. The Bertz CT molecular complexity index is 2720. The third kappa shape index (κ3) is 5.07. The van der Waals surface area contributed by atoms with Gasteiger partial charge in [-0.3, -0.25) is 0 Å². The van der Waals surface area contributed by atoms with Crippen molar-refractivity contribution in [2.75, 3.05) is 0 Å². The summed E-state index contributed by atoms with van der Waals surface area (Å²) in [7, 11) is 0. The van der Waals surface area contributed by atoms with Crippen molar-refractivity contribution in [2.45, 2.75) is 19.4 Å². The molecule has 0 aliphatic heterocycles. The minimum atomic E-state index is 0.144. The predicted octanol–water partition coefficient (Wildman–Crippen LogP) is 11.3. The Labute approximate surface area is 296 Å². The average Bonchev–Trinajstić information content (AvgIpc) is 3.68. The Morgan fingerprint density at radius 3 is 2.08 bits per heavy atom. The Hall–Kier alpha value is -7.13. The normalized spacial score (nSPS) is 14.1. The molecule has 0 spiro atoms. The molecule has 2 heterocycles. The van der Waals surface area contributed by atoms with Crippen molar-refractivity contribution in [1.82, 2.24) is 9.13 Å². The zero-order valence-electron chi connectivity index (χ0n) is 28.0. The number of nitriles is 3. The molecule has 7 aromatic rings. The summed E-state index contributed by atoms with van der Waals surface area (Å²) in [5.74, 6) is 0. The van der Waals surface area contributed by atoms with E-state index in [1.807, 2.05) is 73.7 Å². The summed E-state index contributed by atoms with van der Waals surface area (Å²) in [6.07, 6.45) is 13.8. The lowest BCUT2D eigenvalue weighted by molar-refractivity contribution is 0.626. The second kappa shape index (κ2) is 12.7. The molecule has 0 saturated heterocycles. The molecule has 0 radical (unpaired) electrons. The highest BCUT2D eigenvalue weighted by molar-refractivity contribution is 6.10. The van der Waals surface area contributed by atoms with Gasteiger partial charge in [-0.1, -0.05) is 79.4 Å². The van der Waals surface area contributed by atoms with Gasteiger partial charge in [0.25, 0.3) is 0 Å². The van der Waals surface area contributed by atoms with Crippen LogP contribution in [0.2, 0.25) is 0 Å². The first-order valence-electron chi connectivity index (χ1n) is 16.9. The molecule has 5 heteroatoms. The Morgan fingerprint density at radius 2 is 1.43 bits per heavy atom. The first kappa shape index (κ1) is 31.2. The van der Waals surface area contributed by atoms with Crippen LogP contribution in [-0.4, -0.2) is 9.13 Å². The highest BCUT2D eigenvalue weighted by Crippen LogP contribution is 2.40. The fourth-order valence-corrected chi connectivity index (χ4v) is 7.62. The van der Waals surface area contributed by atoms with E-state index in [-0.39, 0.29) is 6.04 Å². The fraction of sp³-hybridized carbons (Fsp3) is 0.0652. The number of hydrogen-bond acceptors (Lipinski definition) is 3. The van der Waals surface area contributed by atoms with Gasteiger partial charge in [0.2, 0.25) is 0 Å². The smallest absolute Gasteiger partial charge is 0.0998 e. The van der Waals surface area contributed by atoms with E-state index in [0.29, 0.717) is 16.7 Å². The van der Waals surface area contributed by atoms with E-state index < -0.39 is 0 Å². The van der Waals surface area contributed by atoms with E-state index in [9.17, 15) is 15.8 Å². The number of nitrogens with zero attached hydrogens (tertiary/aromatic N) is 5. The summed E-state index contributed by atoms with van der Waals surface area (Å²) in [4.78, 5) is 0. The van der Waals surface area contributed by atoms with Crippen molar-refractivity contribution in [3.05, 3.63) is 168 Å². The van der Waals surface area contributed by atoms with Gasteiger partial charge < -0.3 is 9.13 Å². The number of rotatable bonds is 6. The first-order chi connectivity index (χ1) is 25.1. The zero-order chi connectivity index (χ0) is 35.1. The summed E-state index contributed by atoms with van der Waals surface area (Å²) >= 11 is 0. The molecule has 0 amide bonds. The van der Waals surface area contributed by atoms with E-state index >= 15 is 0 Å². The summed E-state index contributed by atoms with van der Waals surface area (Å²) in [5.41, 5.74) is 11.7. The fourth-order valence-electron chi connectivity index (χ4n) is 7.62. The van der Waals surface area contributed by atoms with Crippen LogP contribution in [0.4, 0.5) is 0 Å². The second-order valence-electron chi connectivity index (χ2n) is 12.6. The van der Waals surface area contributed by atoms with Crippen LogP contribution in [0.15, 0.2) is 134 Å². The second-order valence-corrected chi connectivity index (χ2v) is 12.6. The van der Waals surface area contributed by atoms with Gasteiger partial charge in [0.05, 0.1) is 57.7 Å². The Balaban J connectivity index is 1.24. The van der Waals surface area contributed by atoms with Crippen LogP contribution in [0.1, 0.15) is 52.9 Å². The lowest BCUT2D eigenvalue weighted by Gasteiger charge is -2.22. The standard InChI is InChI=1S/C46H31N5/c1-3-9-41-37(4-2)38-13-5-6-14-42(38)50(41)36-20-18-32(19-21-36)33-10-7-11-34(26-33)46-35(29-49)12-8-15-45(46)51-43-22-16-30(27-47)24-39(43)40-25-31(28-48)17-23-44(40)51/h3-20,22-26,36H,2,21H2,1H3/b9-3-. The van der Waals surface area contributed by atoms with Crippen molar-refractivity contribution < 1.29 is 0 Å². The van der Waals surface area contributed by atoms with Gasteiger partial charge in [0.15, 0.2) is 0 Å². The zero-order valence-corrected chi connectivity index (χ0v) is 28.0. The number of para-hydroxylation sites is 1. The third-order valence-corrected chi connectivity index (χ3v) is 9.84. The molecule has 1 aliphatic carbocycles. The Morgan fingerprint density at radius 1 is 0.725 bits per heavy atom. The average molecular weight is 654 g/mol. The minimum absolute atomic E-state index is 0.144. The molecule has 1 aliphatic rings. The van der Waals surface area contributed by atoms with Crippen molar-refractivity contribution >= 4 is 50.4 Å². The topological polar surface area (TPSA) is 81.2 Å². The number of aromatic nitrogens is 2. The van der Waals surface area contributed by atoms with Crippen molar-refractivity contribution in [1.29, 1.82) is 15.8 Å². The maximum absolute atomic E-state index is 10.4. The lowest BCUT2D eigenvalue weighted by atomic mass is 9.92. The summed E-state index contributed by atoms with van der Waals surface area (Å²) in [6.45, 7) is 6.17. The van der Waals surface area contributed by atoms with Crippen molar-refractivity contribution in [3.63, 3.8) is 0 Å². The summed E-state index contributed by atoms with van der Waals surface area (Å²) < 4.78 is 4.55. The number of fused-ring (bicyclic) bond motifs is 4. The highest BCUT2D eigenvalue weighted by Gasteiger charge is 2.22. The van der Waals surface area contributed by atoms with Gasteiger partial charge in [-0.25, -0.2) is 0 Å². The molecule has 2 aromatic heterocycles. The molecule has 5 aromatic carbocycles. The summed E-state index contributed by atoms with van der Waals surface area (Å²) in [5, 5.41) is 32.7. The molecule has 5 nitrogen and oxygen atoms in total. The van der Waals surface area contributed by atoms with Gasteiger partial charge in [-0.2, -0.15) is 15.8 Å². The van der Waals surface area contributed by atoms with Gasteiger partial charge in [-0.15, -0.1) is 0 Å². The van der Waals surface area contributed by atoms with Gasteiger partial charge in [0, 0.05) is 38.5 Å². The molecular weight excluding hydrogens is 623 g/mol. The molecule has 51 heavy (non-hydrogen) atoms. The van der Waals surface area contributed by atoms with E-state index in [1.165, 1.54) is 10.9 Å². The molecule has 8 rings (SSSR count). The van der Waals surface area contributed by atoms with Crippen LogP contribution >= 0.6 is 0 Å². The van der Waals surface area contributed by atoms with Crippen LogP contribution in [0, 0.1) is 34.0 Å². The molecular formula is C46H31N5. The number of hydrogen-bond donors (Lipinski definition) is 0. The van der Waals surface area contributed by atoms with Gasteiger partial charge in [-0.05, 0) is 96.8 Å². The third-order valence-electron chi connectivity index (χ3n) is 9.84. The monoisotopic (exact) mass is 653 g/mol. The largest absolute Gasteiger partial charge is 0.333 e. The molecule has 0 fully saturated rings. The SMILES string of the molecule is C=Cc1c(/C=C\C)n(C2C=CC(c3cccc(-c4c(C#N)cccc4-n4c5ccc(C#N)cc5c5cc(C#N)ccc54)c3)=CC2)c2ccccc12. The van der Waals surface area contributed by atoms with Crippen LogP contribution < -0.4 is 0 Å². The van der Waals surface area contributed by atoms with Crippen LogP contribution in [0.3, 0.4) is 0 Å². The van der Waals surface area contributed by atoms with Crippen LogP contribution in [0.5, 0.6) is 0 Å². The summed E-state index contributed by atoms with van der Waals surface area (Å²) in [6, 6.07) is 41.0. The minimum Gasteiger partial charge on any atom is -0.333 e. The molecule has 240 valence electrons. The van der Waals surface area contributed by atoms with Gasteiger partial charge >= 0.3 is 0 Å². The molecule has 0 N–H and O–H groups in total. The van der Waals surface area contributed by atoms with E-state index in [0.717, 1.165) is 67.4 Å². The van der Waals surface area contributed by atoms with Crippen molar-refractivity contribution in [2.24, 2.45) is 0 Å². The highest BCUT2D eigenvalue weighted by atomic mass is 15.0. The Kier molecular flexibility index (Phi) is 7.77. The van der Waals surface area contributed by atoms with Gasteiger partial charge in [0.1, 0.15) is 0 Å². The lowest BCUT2D eigenvalue weighted by Crippen LogP contribution is -2.10. The van der Waals surface area contributed by atoms with Crippen molar-refractivity contribution in [3.8, 4) is 35.0 Å². The van der Waals surface area contributed by atoms with Crippen LogP contribution in [-0.2, 0) is 0 Å². The predicted molar refractivity (Wildman–Crippen MR) is 208 cm³/mol. The molecule has 0 bridgehead atoms. The molecule has 1 atom stereocenters. The maximum Gasteiger partial charge on any atom is 0.0998 e. The van der Waals surface area contributed by atoms with Crippen LogP contribution in [0.25, 0.3) is 67.2 Å². The molecule has 1 unspecified atom stereocenters. The number of benzene rings is 5. The number of allylic oxidation sites excluding steroid dienone is 5.